The first-order valence-electron chi connectivity index (χ1n) is 3.78. The van der Waals surface area contributed by atoms with Crippen molar-refractivity contribution in [1.82, 2.24) is 4.90 Å². The van der Waals surface area contributed by atoms with E-state index in [0.29, 0.717) is 13.1 Å². The van der Waals surface area contributed by atoms with Crippen LogP contribution in [0.2, 0.25) is 0 Å². The molecule has 0 spiro atoms. The van der Waals surface area contributed by atoms with Crippen LogP contribution in [0.15, 0.2) is 0 Å². The molecule has 2 atom stereocenters. The molecule has 64 valence electrons. The van der Waals surface area contributed by atoms with Gasteiger partial charge in [-0.3, -0.25) is 0 Å². The van der Waals surface area contributed by atoms with Crippen LogP contribution in [0, 0.1) is 0 Å². The van der Waals surface area contributed by atoms with Crippen molar-refractivity contribution in [2.24, 2.45) is 0 Å². The third-order valence-corrected chi connectivity index (χ3v) is 1.83. The zero-order valence-electron chi connectivity index (χ0n) is 6.78. The van der Waals surface area contributed by atoms with Crippen molar-refractivity contribution >= 4 is 6.09 Å². The lowest BCUT2D eigenvalue weighted by Crippen LogP contribution is -2.28. The van der Waals surface area contributed by atoms with E-state index < -0.39 is 6.10 Å². The van der Waals surface area contributed by atoms with E-state index in [9.17, 15) is 4.79 Å². The van der Waals surface area contributed by atoms with Crippen molar-refractivity contribution in [2.75, 3.05) is 13.1 Å². The number of carbonyl (C=O) groups is 1. The number of hydrogen-bond acceptors (Lipinski definition) is 3. The Morgan fingerprint density at radius 3 is 2.82 bits per heavy atom. The minimum absolute atomic E-state index is 0.321. The average Bonchev–Trinajstić information content (AvgIpc) is 2.31. The number of nitrogens with zero attached hydrogens (tertiary/aromatic N) is 1. The minimum atomic E-state index is -0.574. The van der Waals surface area contributed by atoms with Gasteiger partial charge in [-0.2, -0.15) is 0 Å². The van der Waals surface area contributed by atoms with E-state index in [4.69, 9.17) is 9.84 Å². The Balaban J connectivity index is 2.49. The summed E-state index contributed by atoms with van der Waals surface area (Å²) in [5, 5.41) is 9.08. The second kappa shape index (κ2) is 3.09. The predicted octanol–water partition coefficient (Wildman–Crippen LogP) is 0.208. The second-order valence-electron chi connectivity index (χ2n) is 2.70. The number of cyclic esters (lactones) is 1. The van der Waals surface area contributed by atoms with Crippen LogP contribution in [0.1, 0.15) is 13.8 Å². The third-order valence-electron chi connectivity index (χ3n) is 1.83. The topological polar surface area (TPSA) is 49.8 Å². The zero-order valence-corrected chi connectivity index (χ0v) is 6.78. The number of aliphatic hydroxyl groups excluding tert-OH is 1. The van der Waals surface area contributed by atoms with Gasteiger partial charge in [0.25, 0.3) is 0 Å². The molecular weight excluding hydrogens is 146 g/mol. The van der Waals surface area contributed by atoms with E-state index in [-0.39, 0.29) is 12.2 Å². The van der Waals surface area contributed by atoms with Crippen molar-refractivity contribution in [3.05, 3.63) is 0 Å². The van der Waals surface area contributed by atoms with Crippen LogP contribution in [0.3, 0.4) is 0 Å². The van der Waals surface area contributed by atoms with Crippen LogP contribution in [-0.4, -0.2) is 41.4 Å². The highest BCUT2D eigenvalue weighted by Gasteiger charge is 2.32. The maximum absolute atomic E-state index is 10.9. The quantitative estimate of drug-likeness (QED) is 0.626. The lowest BCUT2D eigenvalue weighted by atomic mass is 10.2. The molecule has 0 bridgehead atoms. The van der Waals surface area contributed by atoms with Crippen LogP contribution < -0.4 is 0 Å². The smallest absolute Gasteiger partial charge is 0.410 e. The highest BCUT2D eigenvalue weighted by atomic mass is 16.6. The normalized spacial score (nSPS) is 27.0. The molecule has 0 aromatic carbocycles. The van der Waals surface area contributed by atoms with Gasteiger partial charge >= 0.3 is 6.09 Å². The molecule has 4 heteroatoms. The molecule has 1 heterocycles. The van der Waals surface area contributed by atoms with Crippen molar-refractivity contribution in [2.45, 2.75) is 26.1 Å². The molecule has 11 heavy (non-hydrogen) atoms. The second-order valence-corrected chi connectivity index (χ2v) is 2.70. The Bertz CT molecular complexity index is 158. The molecule has 0 saturated carbocycles. The highest BCUT2D eigenvalue weighted by Crippen LogP contribution is 2.13. The summed E-state index contributed by atoms with van der Waals surface area (Å²) in [5.74, 6) is 0. The summed E-state index contributed by atoms with van der Waals surface area (Å²) in [4.78, 5) is 12.5. The molecule has 1 aliphatic rings. The fourth-order valence-electron chi connectivity index (χ4n) is 1.04. The van der Waals surface area contributed by atoms with Gasteiger partial charge in [0.05, 0.1) is 12.6 Å². The fraction of sp³-hybridized carbons (Fsp3) is 0.857. The minimum Gasteiger partial charge on any atom is -0.441 e. The third kappa shape index (κ3) is 1.63. The number of hydrogen-bond donors (Lipinski definition) is 1. The molecule has 1 N–H and O–H groups in total. The molecule has 0 aromatic heterocycles. The van der Waals surface area contributed by atoms with Crippen LogP contribution in [-0.2, 0) is 4.74 Å². The van der Waals surface area contributed by atoms with Gasteiger partial charge in [-0.1, -0.05) is 0 Å². The van der Waals surface area contributed by atoms with Gasteiger partial charge < -0.3 is 14.7 Å². The Kier molecular flexibility index (Phi) is 2.34. The summed E-state index contributed by atoms with van der Waals surface area (Å²) in [6.45, 7) is 4.65. The standard InChI is InChI=1S/C7H13NO3/c1-3-8-4-6(5(2)9)11-7(8)10/h5-6,9H,3-4H2,1-2H3. The monoisotopic (exact) mass is 159 g/mol. The number of carbonyl (C=O) groups excluding carboxylic acids is 1. The Hall–Kier alpha value is -0.770. The van der Waals surface area contributed by atoms with Crippen molar-refractivity contribution in [3.63, 3.8) is 0 Å². The first-order valence-corrected chi connectivity index (χ1v) is 3.78. The Morgan fingerprint density at radius 2 is 2.55 bits per heavy atom. The van der Waals surface area contributed by atoms with Crippen molar-refractivity contribution < 1.29 is 14.6 Å². The number of ether oxygens (including phenoxy) is 1. The van der Waals surface area contributed by atoms with E-state index in [2.05, 4.69) is 0 Å². The maximum Gasteiger partial charge on any atom is 0.410 e. The number of rotatable bonds is 2. The van der Waals surface area contributed by atoms with E-state index in [0.717, 1.165) is 0 Å². The number of aliphatic hydroxyl groups is 1. The van der Waals surface area contributed by atoms with Crippen molar-refractivity contribution in [1.29, 1.82) is 0 Å². The molecule has 0 aliphatic carbocycles. The molecule has 1 rings (SSSR count). The Labute approximate surface area is 65.8 Å². The first kappa shape index (κ1) is 8.33. The largest absolute Gasteiger partial charge is 0.441 e. The van der Waals surface area contributed by atoms with E-state index >= 15 is 0 Å². The summed E-state index contributed by atoms with van der Waals surface area (Å²) >= 11 is 0. The van der Waals surface area contributed by atoms with Crippen LogP contribution in [0.4, 0.5) is 4.79 Å². The summed E-state index contributed by atoms with van der Waals surface area (Å²) in [7, 11) is 0. The molecule has 0 radical (unpaired) electrons. The van der Waals surface area contributed by atoms with E-state index in [1.807, 2.05) is 6.92 Å². The van der Waals surface area contributed by atoms with Crippen molar-refractivity contribution in [3.8, 4) is 0 Å². The SMILES string of the molecule is CCN1CC(C(C)O)OC1=O. The molecule has 1 amide bonds. The predicted molar refractivity (Wildman–Crippen MR) is 39.2 cm³/mol. The summed E-state index contributed by atoms with van der Waals surface area (Å²) in [6.07, 6.45) is -1.24. The van der Waals surface area contributed by atoms with Gasteiger partial charge in [0.2, 0.25) is 0 Å². The van der Waals surface area contributed by atoms with Crippen LogP contribution >= 0.6 is 0 Å². The zero-order chi connectivity index (χ0) is 8.43. The van der Waals surface area contributed by atoms with Gasteiger partial charge in [0.15, 0.2) is 0 Å². The van der Waals surface area contributed by atoms with Gasteiger partial charge in [-0.15, -0.1) is 0 Å². The molecule has 2 unspecified atom stereocenters. The highest BCUT2D eigenvalue weighted by molar-refractivity contribution is 5.69. The maximum atomic E-state index is 10.9. The molecule has 1 aliphatic heterocycles. The van der Waals surface area contributed by atoms with E-state index in [1.54, 1.807) is 11.8 Å². The lowest BCUT2D eigenvalue weighted by Gasteiger charge is -2.10. The van der Waals surface area contributed by atoms with Crippen LogP contribution in [0.5, 0.6) is 0 Å². The van der Waals surface area contributed by atoms with E-state index in [1.165, 1.54) is 0 Å². The van der Waals surface area contributed by atoms with Gasteiger partial charge in [0.1, 0.15) is 6.10 Å². The molecule has 0 aromatic rings. The fourth-order valence-corrected chi connectivity index (χ4v) is 1.04. The number of likely N-dealkylation sites (N-methyl/N-ethyl adjacent to an activating group) is 1. The first-order chi connectivity index (χ1) is 5.15. The van der Waals surface area contributed by atoms with Gasteiger partial charge in [-0.05, 0) is 13.8 Å². The number of amides is 1. The summed E-state index contributed by atoms with van der Waals surface area (Å²) in [5.41, 5.74) is 0. The molecule has 4 nitrogen and oxygen atoms in total. The lowest BCUT2D eigenvalue weighted by molar-refractivity contribution is 0.0437. The molecule has 1 saturated heterocycles. The Morgan fingerprint density at radius 1 is 1.91 bits per heavy atom. The summed E-state index contributed by atoms with van der Waals surface area (Å²) < 4.78 is 4.86. The van der Waals surface area contributed by atoms with Crippen LogP contribution in [0.25, 0.3) is 0 Å². The van der Waals surface area contributed by atoms with Gasteiger partial charge in [0, 0.05) is 6.54 Å². The summed E-state index contributed by atoms with van der Waals surface area (Å²) in [6, 6.07) is 0. The molecular formula is C7H13NO3. The molecule has 1 fully saturated rings. The van der Waals surface area contributed by atoms with Gasteiger partial charge in [-0.25, -0.2) is 4.79 Å². The average molecular weight is 159 g/mol.